The van der Waals surface area contributed by atoms with E-state index in [-0.39, 0.29) is 5.78 Å². The number of thiazole rings is 1. The van der Waals surface area contributed by atoms with Crippen molar-refractivity contribution in [3.05, 3.63) is 17.4 Å². The Morgan fingerprint density at radius 2 is 1.94 bits per heavy atom. The Kier molecular flexibility index (Phi) is 6.03. The van der Waals surface area contributed by atoms with E-state index in [4.69, 9.17) is 9.72 Å². The van der Waals surface area contributed by atoms with E-state index in [0.717, 1.165) is 57.7 Å². The fourth-order valence-corrected chi connectivity index (χ4v) is 5.30. The van der Waals surface area contributed by atoms with E-state index in [2.05, 4.69) is 30.6 Å². The first-order valence-electron chi connectivity index (χ1n) is 11.1. The Balaban J connectivity index is 1.35. The summed E-state index contributed by atoms with van der Waals surface area (Å²) >= 11 is 1.30. The molecule has 0 radical (unpaired) electrons. The van der Waals surface area contributed by atoms with Crippen LogP contribution in [0.3, 0.4) is 0 Å². The zero-order valence-electron chi connectivity index (χ0n) is 18.4. The van der Waals surface area contributed by atoms with Gasteiger partial charge in [-0.25, -0.2) is 4.98 Å². The Labute approximate surface area is 190 Å². The van der Waals surface area contributed by atoms with Crippen LogP contribution in [0.2, 0.25) is 0 Å². The maximum atomic E-state index is 11.9. The number of ether oxygens (including phenoxy) is 1. The number of ketones is 1. The predicted octanol–water partition coefficient (Wildman–Crippen LogP) is 2.82. The number of hydrogen-bond acceptors (Lipinski definition) is 10. The minimum Gasteiger partial charge on any atom is -0.379 e. The Hall–Kier alpha value is -2.63. The number of nitrogens with one attached hydrogen (secondary N) is 2. The largest absolute Gasteiger partial charge is 0.379 e. The number of nitrogens with zero attached hydrogens (tertiary/aromatic N) is 6. The number of Topliss-reactive ketones (excluding diaryl/α,β-unsaturated/α-hetero) is 1. The van der Waals surface area contributed by atoms with Crippen molar-refractivity contribution in [1.29, 1.82) is 0 Å². The maximum Gasteiger partial charge on any atom is 0.230 e. The molecule has 1 saturated heterocycles. The van der Waals surface area contributed by atoms with Gasteiger partial charge in [-0.1, -0.05) is 11.3 Å². The van der Waals surface area contributed by atoms with Gasteiger partial charge >= 0.3 is 0 Å². The molecule has 3 aromatic heterocycles. The molecule has 2 N–H and O–H groups in total. The van der Waals surface area contributed by atoms with Crippen LogP contribution in [0.4, 0.5) is 17.5 Å². The molecule has 1 saturated carbocycles. The minimum absolute atomic E-state index is 0.0632. The molecule has 2 aliphatic rings. The monoisotopic (exact) mass is 456 g/mol. The summed E-state index contributed by atoms with van der Waals surface area (Å²) in [5.74, 6) is 1.08. The molecule has 170 valence electrons. The number of carbonyl (C=O) groups excluding carboxylic acids is 1. The number of hydrogen-bond donors (Lipinski definition) is 2. The van der Waals surface area contributed by atoms with Crippen LogP contribution in [0.25, 0.3) is 10.3 Å². The van der Waals surface area contributed by atoms with Crippen LogP contribution in [0.15, 0.2) is 12.4 Å². The molecule has 0 spiro atoms. The van der Waals surface area contributed by atoms with Crippen molar-refractivity contribution >= 4 is 44.9 Å². The minimum atomic E-state index is -0.0632. The molecular weight excluding hydrogens is 428 g/mol. The van der Waals surface area contributed by atoms with E-state index in [1.165, 1.54) is 18.3 Å². The SMILES string of the molecule is CC(=O)c1nc2c(NC3CCC(N4CCOCC4)CC3)nc(Nc3cnn(C)c3)nc2s1. The predicted molar refractivity (Wildman–Crippen MR) is 124 cm³/mol. The third kappa shape index (κ3) is 4.59. The highest BCUT2D eigenvalue weighted by Gasteiger charge is 2.28. The molecule has 5 rings (SSSR count). The van der Waals surface area contributed by atoms with Crippen molar-refractivity contribution in [1.82, 2.24) is 29.6 Å². The second-order valence-electron chi connectivity index (χ2n) is 8.45. The summed E-state index contributed by atoms with van der Waals surface area (Å²) in [5, 5.41) is 11.5. The first kappa shape index (κ1) is 21.2. The van der Waals surface area contributed by atoms with Gasteiger partial charge in [-0.3, -0.25) is 14.4 Å². The third-order valence-corrected chi connectivity index (χ3v) is 7.17. The lowest BCUT2D eigenvalue weighted by atomic mass is 9.90. The Morgan fingerprint density at radius 1 is 1.16 bits per heavy atom. The standard InChI is InChI=1S/C21H28N8O2S/c1-13(30)19-25-17-18(23-14-3-5-16(6-4-14)29-7-9-31-10-8-29)26-21(27-20(17)32-19)24-15-11-22-28(2)12-15/h11-12,14,16H,3-10H2,1-2H3,(H2,23,24,26,27). The van der Waals surface area contributed by atoms with Crippen LogP contribution >= 0.6 is 11.3 Å². The number of carbonyl (C=O) groups is 1. The number of morpholine rings is 1. The van der Waals surface area contributed by atoms with E-state index < -0.39 is 0 Å². The highest BCUT2D eigenvalue weighted by molar-refractivity contribution is 7.20. The van der Waals surface area contributed by atoms with Crippen molar-refractivity contribution < 1.29 is 9.53 Å². The topological polar surface area (TPSA) is 110 Å². The lowest BCUT2D eigenvalue weighted by Crippen LogP contribution is -2.46. The van der Waals surface area contributed by atoms with Gasteiger partial charge < -0.3 is 15.4 Å². The molecule has 11 heteroatoms. The van der Waals surface area contributed by atoms with Crippen LogP contribution in [-0.2, 0) is 11.8 Å². The van der Waals surface area contributed by atoms with Gasteiger partial charge in [0.1, 0.15) is 5.52 Å². The fraction of sp³-hybridized carbons (Fsp3) is 0.571. The van der Waals surface area contributed by atoms with Crippen LogP contribution in [0, 0.1) is 0 Å². The van der Waals surface area contributed by atoms with E-state index in [0.29, 0.717) is 39.2 Å². The van der Waals surface area contributed by atoms with Gasteiger partial charge in [-0.15, -0.1) is 0 Å². The molecule has 1 aliphatic heterocycles. The van der Waals surface area contributed by atoms with Crippen molar-refractivity contribution in [3.8, 4) is 0 Å². The Morgan fingerprint density at radius 3 is 2.62 bits per heavy atom. The average Bonchev–Trinajstić information content (AvgIpc) is 3.41. The normalized spacial score (nSPS) is 22.2. The molecule has 0 bridgehead atoms. The molecule has 4 heterocycles. The number of fused-ring (bicyclic) bond motifs is 1. The second kappa shape index (κ2) is 9.08. The summed E-state index contributed by atoms with van der Waals surface area (Å²) in [6, 6.07) is 0.952. The highest BCUT2D eigenvalue weighted by Crippen LogP contribution is 2.31. The quantitative estimate of drug-likeness (QED) is 0.541. The lowest BCUT2D eigenvalue weighted by Gasteiger charge is -2.39. The lowest BCUT2D eigenvalue weighted by molar-refractivity contribution is 0.00791. The number of aryl methyl sites for hydroxylation is 1. The molecule has 10 nitrogen and oxygen atoms in total. The molecule has 0 amide bonds. The molecule has 0 aromatic carbocycles. The third-order valence-electron chi connectivity index (χ3n) is 6.12. The zero-order valence-corrected chi connectivity index (χ0v) is 19.2. The van der Waals surface area contributed by atoms with Gasteiger partial charge in [0.2, 0.25) is 5.95 Å². The Bertz CT molecular complexity index is 1100. The number of aromatic nitrogens is 5. The summed E-state index contributed by atoms with van der Waals surface area (Å²) in [4.78, 5) is 29.0. The van der Waals surface area contributed by atoms with Gasteiger partial charge in [0, 0.05) is 45.3 Å². The maximum absolute atomic E-state index is 11.9. The van der Waals surface area contributed by atoms with Gasteiger partial charge in [-0.05, 0) is 25.7 Å². The first-order valence-corrected chi connectivity index (χ1v) is 11.9. The van der Waals surface area contributed by atoms with Crippen molar-refractivity contribution in [3.63, 3.8) is 0 Å². The van der Waals surface area contributed by atoms with E-state index >= 15 is 0 Å². The van der Waals surface area contributed by atoms with Gasteiger partial charge in [0.05, 0.1) is 25.1 Å². The van der Waals surface area contributed by atoms with Gasteiger partial charge in [0.15, 0.2) is 21.4 Å². The molecule has 2 fully saturated rings. The van der Waals surface area contributed by atoms with Crippen LogP contribution < -0.4 is 10.6 Å². The molecule has 3 aromatic rings. The second-order valence-corrected chi connectivity index (χ2v) is 9.43. The van der Waals surface area contributed by atoms with Crippen LogP contribution in [0.5, 0.6) is 0 Å². The molecular formula is C21H28N8O2S. The van der Waals surface area contributed by atoms with Crippen LogP contribution in [0.1, 0.15) is 42.4 Å². The highest BCUT2D eigenvalue weighted by atomic mass is 32.1. The van der Waals surface area contributed by atoms with Crippen molar-refractivity contribution in [2.24, 2.45) is 7.05 Å². The van der Waals surface area contributed by atoms with Crippen molar-refractivity contribution in [2.45, 2.75) is 44.7 Å². The number of anilines is 3. The summed E-state index contributed by atoms with van der Waals surface area (Å²) in [6.45, 7) is 5.27. The molecule has 32 heavy (non-hydrogen) atoms. The summed E-state index contributed by atoms with van der Waals surface area (Å²) < 4.78 is 7.21. The van der Waals surface area contributed by atoms with Gasteiger partial charge in [-0.2, -0.15) is 15.1 Å². The smallest absolute Gasteiger partial charge is 0.230 e. The van der Waals surface area contributed by atoms with Gasteiger partial charge in [0.25, 0.3) is 0 Å². The average molecular weight is 457 g/mol. The molecule has 0 atom stereocenters. The summed E-state index contributed by atoms with van der Waals surface area (Å²) in [5.41, 5.74) is 1.47. The van der Waals surface area contributed by atoms with E-state index in [1.54, 1.807) is 10.9 Å². The van der Waals surface area contributed by atoms with Crippen molar-refractivity contribution in [2.75, 3.05) is 36.9 Å². The summed E-state index contributed by atoms with van der Waals surface area (Å²) in [7, 11) is 1.86. The van der Waals surface area contributed by atoms with E-state index in [1.807, 2.05) is 13.2 Å². The molecule has 0 unspecified atom stereocenters. The van der Waals surface area contributed by atoms with E-state index in [9.17, 15) is 4.79 Å². The first-order chi connectivity index (χ1) is 15.5. The number of rotatable bonds is 6. The fourth-order valence-electron chi connectivity index (χ4n) is 4.47. The summed E-state index contributed by atoms with van der Waals surface area (Å²) in [6.07, 6.45) is 8.04. The molecule has 1 aliphatic carbocycles. The zero-order chi connectivity index (χ0) is 22.1. The van der Waals surface area contributed by atoms with Crippen LogP contribution in [-0.4, -0.2) is 73.8 Å².